The SMILES string of the molecule is Cc1ccc(Oc2ccc(N(C(O)c3cc(C)c[nH]c3=O)S(C)(=O)=O)cc2)cc1. The third kappa shape index (κ3) is 4.85. The number of anilines is 1. The van der Waals surface area contributed by atoms with Crippen LogP contribution in [0.3, 0.4) is 0 Å². The third-order valence-electron chi connectivity index (χ3n) is 4.28. The summed E-state index contributed by atoms with van der Waals surface area (Å²) in [5.74, 6) is 1.16. The molecule has 8 heteroatoms. The molecule has 0 bridgehead atoms. The number of nitrogens with zero attached hydrogens (tertiary/aromatic N) is 1. The van der Waals surface area contributed by atoms with Crippen LogP contribution in [0.1, 0.15) is 22.9 Å². The van der Waals surface area contributed by atoms with Gasteiger partial charge in [0.2, 0.25) is 10.0 Å². The Kier molecular flexibility index (Phi) is 5.76. The van der Waals surface area contributed by atoms with E-state index in [2.05, 4.69) is 4.98 Å². The minimum atomic E-state index is -3.88. The topological polar surface area (TPSA) is 99.7 Å². The zero-order chi connectivity index (χ0) is 21.2. The van der Waals surface area contributed by atoms with Crippen LogP contribution in [-0.4, -0.2) is 24.8 Å². The van der Waals surface area contributed by atoms with Crippen LogP contribution >= 0.6 is 0 Å². The van der Waals surface area contributed by atoms with Gasteiger partial charge < -0.3 is 14.8 Å². The summed E-state index contributed by atoms with van der Waals surface area (Å²) in [6, 6.07) is 15.2. The number of aromatic amines is 1. The molecule has 0 spiro atoms. The van der Waals surface area contributed by atoms with Crippen molar-refractivity contribution in [3.63, 3.8) is 0 Å². The number of H-pyrrole nitrogens is 1. The average molecular weight is 414 g/mol. The van der Waals surface area contributed by atoms with Crippen molar-refractivity contribution in [2.24, 2.45) is 0 Å². The minimum Gasteiger partial charge on any atom is -0.457 e. The van der Waals surface area contributed by atoms with Gasteiger partial charge in [-0.3, -0.25) is 4.79 Å². The van der Waals surface area contributed by atoms with Gasteiger partial charge in [0.05, 0.1) is 17.5 Å². The first-order valence-corrected chi connectivity index (χ1v) is 10.7. The summed E-state index contributed by atoms with van der Waals surface area (Å²) in [7, 11) is -3.88. The number of aliphatic hydroxyl groups is 1. The van der Waals surface area contributed by atoms with Gasteiger partial charge in [0.1, 0.15) is 11.5 Å². The number of aryl methyl sites for hydroxylation is 2. The van der Waals surface area contributed by atoms with Gasteiger partial charge in [-0.2, -0.15) is 0 Å². The molecule has 1 unspecified atom stereocenters. The van der Waals surface area contributed by atoms with E-state index in [4.69, 9.17) is 4.74 Å². The molecule has 1 atom stereocenters. The molecule has 0 saturated heterocycles. The number of benzene rings is 2. The van der Waals surface area contributed by atoms with E-state index in [0.29, 0.717) is 17.1 Å². The Labute approximate surface area is 169 Å². The molecule has 0 radical (unpaired) electrons. The highest BCUT2D eigenvalue weighted by Crippen LogP contribution is 2.30. The number of rotatable bonds is 6. The lowest BCUT2D eigenvalue weighted by atomic mass is 10.2. The lowest BCUT2D eigenvalue weighted by molar-refractivity contribution is 0.188. The smallest absolute Gasteiger partial charge is 0.255 e. The first-order chi connectivity index (χ1) is 13.6. The van der Waals surface area contributed by atoms with Crippen LogP contribution in [0.25, 0.3) is 0 Å². The van der Waals surface area contributed by atoms with Crippen LogP contribution in [0, 0.1) is 13.8 Å². The quantitative estimate of drug-likeness (QED) is 0.603. The van der Waals surface area contributed by atoms with Gasteiger partial charge in [-0.05, 0) is 61.9 Å². The normalized spacial score (nSPS) is 12.4. The molecule has 152 valence electrons. The van der Waals surface area contributed by atoms with E-state index >= 15 is 0 Å². The maximum absolute atomic E-state index is 12.4. The Bertz CT molecular complexity index is 1150. The highest BCUT2D eigenvalue weighted by atomic mass is 32.2. The van der Waals surface area contributed by atoms with Crippen LogP contribution in [0.2, 0.25) is 0 Å². The van der Waals surface area contributed by atoms with Crippen molar-refractivity contribution in [3.05, 3.63) is 87.8 Å². The number of hydrogen-bond donors (Lipinski definition) is 2. The van der Waals surface area contributed by atoms with Gasteiger partial charge in [0.15, 0.2) is 6.23 Å². The van der Waals surface area contributed by atoms with Gasteiger partial charge >= 0.3 is 0 Å². The Morgan fingerprint density at radius 1 is 0.966 bits per heavy atom. The third-order valence-corrected chi connectivity index (χ3v) is 5.41. The summed E-state index contributed by atoms with van der Waals surface area (Å²) in [6.07, 6.45) is 0.787. The van der Waals surface area contributed by atoms with Crippen molar-refractivity contribution in [1.82, 2.24) is 4.98 Å². The summed E-state index contributed by atoms with van der Waals surface area (Å²) in [5, 5.41) is 10.7. The number of hydrogen-bond acceptors (Lipinski definition) is 5. The number of ether oxygens (including phenoxy) is 1. The molecular formula is C21H22N2O5S. The zero-order valence-corrected chi connectivity index (χ0v) is 17.1. The minimum absolute atomic E-state index is 0.0598. The summed E-state index contributed by atoms with van der Waals surface area (Å²) >= 11 is 0. The summed E-state index contributed by atoms with van der Waals surface area (Å²) in [5.41, 5.74) is 1.38. The second kappa shape index (κ2) is 8.10. The number of aromatic nitrogens is 1. The van der Waals surface area contributed by atoms with E-state index in [1.165, 1.54) is 24.4 Å². The molecule has 29 heavy (non-hydrogen) atoms. The molecule has 1 heterocycles. The van der Waals surface area contributed by atoms with Crippen molar-refractivity contribution in [3.8, 4) is 11.5 Å². The number of pyridine rings is 1. The van der Waals surface area contributed by atoms with Crippen molar-refractivity contribution < 1.29 is 18.3 Å². The van der Waals surface area contributed by atoms with Crippen LogP contribution in [-0.2, 0) is 10.0 Å². The van der Waals surface area contributed by atoms with Crippen LogP contribution in [0.5, 0.6) is 11.5 Å². The van der Waals surface area contributed by atoms with E-state index in [0.717, 1.165) is 16.1 Å². The lowest BCUT2D eigenvalue weighted by Crippen LogP contribution is -2.36. The first-order valence-electron chi connectivity index (χ1n) is 8.86. The monoisotopic (exact) mass is 414 g/mol. The Morgan fingerprint density at radius 2 is 1.52 bits per heavy atom. The molecule has 0 fully saturated rings. The maximum Gasteiger partial charge on any atom is 0.255 e. The van der Waals surface area contributed by atoms with E-state index in [1.807, 2.05) is 31.2 Å². The van der Waals surface area contributed by atoms with E-state index in [1.54, 1.807) is 19.1 Å². The van der Waals surface area contributed by atoms with Crippen molar-refractivity contribution in [2.75, 3.05) is 10.6 Å². The Hall–Kier alpha value is -3.10. The fourth-order valence-corrected chi connectivity index (χ4v) is 3.83. The van der Waals surface area contributed by atoms with Crippen molar-refractivity contribution in [1.29, 1.82) is 0 Å². The van der Waals surface area contributed by atoms with Crippen molar-refractivity contribution in [2.45, 2.75) is 20.1 Å². The fraction of sp³-hybridized carbons (Fsp3) is 0.190. The van der Waals surface area contributed by atoms with Gasteiger partial charge in [-0.25, -0.2) is 12.7 Å². The van der Waals surface area contributed by atoms with Gasteiger partial charge in [-0.15, -0.1) is 0 Å². The van der Waals surface area contributed by atoms with Crippen molar-refractivity contribution >= 4 is 15.7 Å². The van der Waals surface area contributed by atoms with Crippen LogP contribution in [0.15, 0.2) is 65.6 Å². The second-order valence-electron chi connectivity index (χ2n) is 6.80. The lowest BCUT2D eigenvalue weighted by Gasteiger charge is -2.27. The molecule has 0 aliphatic rings. The first kappa shape index (κ1) is 20.6. The molecule has 3 aromatic rings. The van der Waals surface area contributed by atoms with Gasteiger partial charge in [0.25, 0.3) is 5.56 Å². The molecule has 3 rings (SSSR count). The molecule has 0 saturated carbocycles. The predicted molar refractivity (Wildman–Crippen MR) is 112 cm³/mol. The number of aliphatic hydroxyl groups excluding tert-OH is 1. The molecule has 7 nitrogen and oxygen atoms in total. The predicted octanol–water partition coefficient (Wildman–Crippen LogP) is 3.24. The Morgan fingerprint density at radius 3 is 2.07 bits per heavy atom. The zero-order valence-electron chi connectivity index (χ0n) is 16.3. The van der Waals surface area contributed by atoms with Crippen LogP contribution in [0.4, 0.5) is 5.69 Å². The van der Waals surface area contributed by atoms with E-state index in [9.17, 15) is 18.3 Å². The molecule has 0 aliphatic carbocycles. The van der Waals surface area contributed by atoms with E-state index in [-0.39, 0.29) is 11.3 Å². The average Bonchev–Trinajstić information content (AvgIpc) is 2.66. The summed E-state index contributed by atoms with van der Waals surface area (Å²) in [4.78, 5) is 14.6. The highest BCUT2D eigenvalue weighted by molar-refractivity contribution is 7.92. The van der Waals surface area contributed by atoms with E-state index < -0.39 is 21.8 Å². The number of nitrogens with one attached hydrogen (secondary N) is 1. The van der Waals surface area contributed by atoms with Gasteiger partial charge in [0, 0.05) is 6.20 Å². The molecular weight excluding hydrogens is 392 g/mol. The maximum atomic E-state index is 12.4. The Balaban J connectivity index is 1.92. The standard InChI is InChI=1S/C21H22N2O5S/c1-14-4-8-17(9-5-14)28-18-10-6-16(7-11-18)23(29(3,26)27)21(25)19-12-15(2)13-22-20(19)24/h4-13,21,25H,1-3H3,(H,22,24). The second-order valence-corrected chi connectivity index (χ2v) is 8.66. The van der Waals surface area contributed by atoms with Gasteiger partial charge in [-0.1, -0.05) is 17.7 Å². The molecule has 0 aliphatic heterocycles. The van der Waals surface area contributed by atoms with Crippen LogP contribution < -0.4 is 14.6 Å². The molecule has 2 N–H and O–H groups in total. The summed E-state index contributed by atoms with van der Waals surface area (Å²) < 4.78 is 31.3. The number of sulfonamides is 1. The fourth-order valence-electron chi connectivity index (χ4n) is 2.85. The highest BCUT2D eigenvalue weighted by Gasteiger charge is 2.28. The molecule has 2 aromatic carbocycles. The summed E-state index contributed by atoms with van der Waals surface area (Å²) in [6.45, 7) is 3.71. The molecule has 1 aromatic heterocycles. The molecule has 0 amide bonds. The largest absolute Gasteiger partial charge is 0.457 e.